The van der Waals surface area contributed by atoms with Crippen molar-refractivity contribution in [2.75, 3.05) is 19.8 Å². The number of hydrogen-bond donors (Lipinski definition) is 0. The van der Waals surface area contributed by atoms with E-state index in [1.807, 2.05) is 56.3 Å². The second-order valence-corrected chi connectivity index (χ2v) is 9.95. The van der Waals surface area contributed by atoms with E-state index in [-0.39, 0.29) is 17.9 Å². The Morgan fingerprint density at radius 1 is 0.795 bits per heavy atom. The van der Waals surface area contributed by atoms with Crippen molar-refractivity contribution in [2.24, 2.45) is 5.92 Å². The van der Waals surface area contributed by atoms with Gasteiger partial charge in [0.15, 0.2) is 0 Å². The van der Waals surface area contributed by atoms with E-state index in [1.165, 1.54) is 32.1 Å². The van der Waals surface area contributed by atoms with Crippen LogP contribution in [0, 0.1) is 5.92 Å². The molecule has 0 saturated carbocycles. The van der Waals surface area contributed by atoms with Gasteiger partial charge in [-0.25, -0.2) is 4.79 Å². The topological polar surface area (TPSA) is 61.8 Å². The minimum Gasteiger partial charge on any atom is -0.493 e. The molecule has 0 aliphatic heterocycles. The Balaban J connectivity index is 2.02. The van der Waals surface area contributed by atoms with Crippen molar-refractivity contribution in [3.63, 3.8) is 0 Å². The molecule has 2 aromatic rings. The second-order valence-electron chi connectivity index (χ2n) is 9.95. The number of para-hydroxylation sites is 1. The number of carbonyl (C=O) groups is 2. The molecular weight excluding hydrogens is 488 g/mol. The Morgan fingerprint density at radius 3 is 2.26 bits per heavy atom. The van der Waals surface area contributed by atoms with Gasteiger partial charge in [-0.1, -0.05) is 87.9 Å². The number of rotatable bonds is 20. The maximum Gasteiger partial charge on any atom is 0.338 e. The number of allylic oxidation sites excluding steroid dienone is 1. The Bertz CT molecular complexity index is 979. The van der Waals surface area contributed by atoms with E-state index in [2.05, 4.69) is 25.1 Å². The summed E-state index contributed by atoms with van der Waals surface area (Å²) >= 11 is 0. The van der Waals surface area contributed by atoms with Crippen molar-refractivity contribution >= 4 is 18.0 Å². The van der Waals surface area contributed by atoms with Gasteiger partial charge in [-0.15, -0.1) is 0 Å². The van der Waals surface area contributed by atoms with Crippen LogP contribution in [0.3, 0.4) is 0 Å². The maximum atomic E-state index is 12.0. The zero-order valence-corrected chi connectivity index (χ0v) is 24.3. The summed E-state index contributed by atoms with van der Waals surface area (Å²) in [6.45, 7) is 7.41. The fraction of sp³-hybridized carbons (Fsp3) is 0.529. The fourth-order valence-corrected chi connectivity index (χ4v) is 4.52. The Kier molecular flexibility index (Phi) is 16.4. The SMILES string of the molecule is CCCCCCCCOc1ccccc1/C=C/C(CCCCC(=O)OCC)Cc1ccc(C(=O)OCC)cc1. The monoisotopic (exact) mass is 536 g/mol. The molecule has 0 spiro atoms. The summed E-state index contributed by atoms with van der Waals surface area (Å²) < 4.78 is 16.3. The van der Waals surface area contributed by atoms with Gasteiger partial charge in [0, 0.05) is 12.0 Å². The predicted octanol–water partition coefficient (Wildman–Crippen LogP) is 8.60. The molecule has 214 valence electrons. The molecule has 0 bridgehead atoms. The lowest BCUT2D eigenvalue weighted by Gasteiger charge is -2.14. The Labute approximate surface area is 235 Å². The predicted molar refractivity (Wildman–Crippen MR) is 159 cm³/mol. The fourth-order valence-electron chi connectivity index (χ4n) is 4.52. The molecule has 0 N–H and O–H groups in total. The number of benzene rings is 2. The third-order valence-electron chi connectivity index (χ3n) is 6.70. The molecule has 0 amide bonds. The Hall–Kier alpha value is -3.08. The largest absolute Gasteiger partial charge is 0.493 e. The van der Waals surface area contributed by atoms with Gasteiger partial charge in [0.25, 0.3) is 0 Å². The van der Waals surface area contributed by atoms with Crippen molar-refractivity contribution in [1.82, 2.24) is 0 Å². The molecule has 5 nitrogen and oxygen atoms in total. The molecule has 1 atom stereocenters. The number of ether oxygens (including phenoxy) is 3. The van der Waals surface area contributed by atoms with Crippen LogP contribution in [0.4, 0.5) is 0 Å². The van der Waals surface area contributed by atoms with Gasteiger partial charge in [-0.2, -0.15) is 0 Å². The third kappa shape index (κ3) is 13.5. The number of carbonyl (C=O) groups excluding carboxylic acids is 2. The first-order valence-corrected chi connectivity index (χ1v) is 14.9. The van der Waals surface area contributed by atoms with Gasteiger partial charge in [0.2, 0.25) is 0 Å². The maximum absolute atomic E-state index is 12.0. The summed E-state index contributed by atoms with van der Waals surface area (Å²) in [5, 5.41) is 0. The van der Waals surface area contributed by atoms with Crippen molar-refractivity contribution < 1.29 is 23.8 Å². The van der Waals surface area contributed by atoms with Crippen molar-refractivity contribution in [2.45, 2.75) is 91.4 Å². The zero-order valence-electron chi connectivity index (χ0n) is 24.3. The lowest BCUT2D eigenvalue weighted by atomic mass is 9.92. The number of esters is 2. The van der Waals surface area contributed by atoms with Gasteiger partial charge < -0.3 is 14.2 Å². The van der Waals surface area contributed by atoms with E-state index < -0.39 is 0 Å². The van der Waals surface area contributed by atoms with E-state index in [0.29, 0.717) is 25.2 Å². The normalized spacial score (nSPS) is 11.9. The summed E-state index contributed by atoms with van der Waals surface area (Å²) in [5.74, 6) is 0.780. The van der Waals surface area contributed by atoms with Crippen LogP contribution in [0.15, 0.2) is 54.6 Å². The van der Waals surface area contributed by atoms with Crippen LogP contribution in [0.25, 0.3) is 6.08 Å². The Morgan fingerprint density at radius 2 is 1.51 bits per heavy atom. The van der Waals surface area contributed by atoms with E-state index in [0.717, 1.165) is 55.6 Å². The highest BCUT2D eigenvalue weighted by atomic mass is 16.5. The van der Waals surface area contributed by atoms with Crippen LogP contribution in [-0.4, -0.2) is 31.8 Å². The van der Waals surface area contributed by atoms with Crippen LogP contribution in [0.2, 0.25) is 0 Å². The van der Waals surface area contributed by atoms with E-state index in [4.69, 9.17) is 14.2 Å². The van der Waals surface area contributed by atoms with Crippen molar-refractivity contribution in [1.29, 1.82) is 0 Å². The molecule has 0 radical (unpaired) electrons. The molecule has 0 heterocycles. The minimum atomic E-state index is -0.294. The van der Waals surface area contributed by atoms with Gasteiger partial charge in [0.05, 0.1) is 25.4 Å². The molecule has 0 aliphatic carbocycles. The first kappa shape index (κ1) is 32.1. The first-order valence-electron chi connectivity index (χ1n) is 14.9. The minimum absolute atomic E-state index is 0.129. The van der Waals surface area contributed by atoms with Gasteiger partial charge in [-0.3, -0.25) is 4.79 Å². The highest BCUT2D eigenvalue weighted by molar-refractivity contribution is 5.89. The molecule has 0 fully saturated rings. The number of hydrogen-bond acceptors (Lipinski definition) is 5. The van der Waals surface area contributed by atoms with E-state index >= 15 is 0 Å². The molecule has 2 rings (SSSR count). The average molecular weight is 537 g/mol. The second kappa shape index (κ2) is 19.9. The van der Waals surface area contributed by atoms with Crippen LogP contribution in [0.5, 0.6) is 5.75 Å². The summed E-state index contributed by atoms with van der Waals surface area (Å²) in [6, 6.07) is 15.9. The molecule has 39 heavy (non-hydrogen) atoms. The molecule has 0 aromatic heterocycles. The zero-order chi connectivity index (χ0) is 28.1. The van der Waals surface area contributed by atoms with Crippen LogP contribution in [-0.2, 0) is 20.7 Å². The van der Waals surface area contributed by atoms with Crippen molar-refractivity contribution in [3.8, 4) is 5.75 Å². The quantitative estimate of drug-likeness (QED) is 0.125. The molecule has 0 saturated heterocycles. The van der Waals surface area contributed by atoms with E-state index in [9.17, 15) is 9.59 Å². The standard InChI is InChI=1S/C34H48O5/c1-4-7-8-9-10-15-26-39-32-18-13-12-17-30(32)23-20-28(16-11-14-19-33(35)37-5-2)27-29-21-24-31(25-22-29)34(36)38-6-3/h12-13,17-18,20-25,28H,4-11,14-16,19,26-27H2,1-3H3/b23-20+. The molecular formula is C34H48O5. The third-order valence-corrected chi connectivity index (χ3v) is 6.70. The lowest BCUT2D eigenvalue weighted by Crippen LogP contribution is -2.06. The summed E-state index contributed by atoms with van der Waals surface area (Å²) in [4.78, 5) is 23.8. The summed E-state index contributed by atoms with van der Waals surface area (Å²) in [5.41, 5.74) is 2.81. The van der Waals surface area contributed by atoms with Gasteiger partial charge in [0.1, 0.15) is 5.75 Å². The highest BCUT2D eigenvalue weighted by Gasteiger charge is 2.11. The smallest absolute Gasteiger partial charge is 0.338 e. The first-order chi connectivity index (χ1) is 19.1. The molecule has 1 unspecified atom stereocenters. The number of unbranched alkanes of at least 4 members (excludes halogenated alkanes) is 6. The summed E-state index contributed by atoms with van der Waals surface area (Å²) in [6.07, 6.45) is 15.9. The van der Waals surface area contributed by atoms with Gasteiger partial charge >= 0.3 is 11.9 Å². The molecule has 5 heteroatoms. The molecule has 2 aromatic carbocycles. The highest BCUT2D eigenvalue weighted by Crippen LogP contribution is 2.24. The van der Waals surface area contributed by atoms with Crippen LogP contribution >= 0.6 is 0 Å². The van der Waals surface area contributed by atoms with Crippen molar-refractivity contribution in [3.05, 3.63) is 71.3 Å². The summed E-state index contributed by atoms with van der Waals surface area (Å²) in [7, 11) is 0. The van der Waals surface area contributed by atoms with E-state index in [1.54, 1.807) is 0 Å². The lowest BCUT2D eigenvalue weighted by molar-refractivity contribution is -0.143. The molecule has 0 aliphatic rings. The average Bonchev–Trinajstić information content (AvgIpc) is 2.94. The van der Waals surface area contributed by atoms with Crippen LogP contribution < -0.4 is 4.74 Å². The van der Waals surface area contributed by atoms with Gasteiger partial charge in [-0.05, 0) is 69.2 Å². The van der Waals surface area contributed by atoms with Crippen LogP contribution in [0.1, 0.15) is 106 Å².